The number of aliphatic hydroxyl groups excluding tert-OH is 1. The first kappa shape index (κ1) is 13.4. The van der Waals surface area contributed by atoms with Crippen molar-refractivity contribution in [2.75, 3.05) is 7.11 Å². The zero-order chi connectivity index (χ0) is 12.1. The first-order chi connectivity index (χ1) is 7.60. The van der Waals surface area contributed by atoms with Gasteiger partial charge in [-0.05, 0) is 18.1 Å². The van der Waals surface area contributed by atoms with Crippen molar-refractivity contribution in [1.29, 1.82) is 0 Å². The predicted molar refractivity (Wildman–Crippen MR) is 62.2 cm³/mol. The van der Waals surface area contributed by atoms with Crippen LogP contribution in [0.25, 0.3) is 0 Å². The molecule has 0 aliphatic heterocycles. The molecule has 2 unspecified atom stereocenters. The fraction of sp³-hybridized carbons (Fsp3) is 0.500. The second-order valence-electron chi connectivity index (χ2n) is 3.67. The molecule has 1 aromatic rings. The van der Waals surface area contributed by atoms with Crippen LogP contribution in [0.3, 0.4) is 0 Å². The molecule has 0 heterocycles. The van der Waals surface area contributed by atoms with Gasteiger partial charge in [0.1, 0.15) is 5.82 Å². The Labute approximate surface area is 100.0 Å². The second-order valence-corrected chi connectivity index (χ2v) is 4.04. The first-order valence-electron chi connectivity index (χ1n) is 5.23. The normalized spacial score (nSPS) is 14.8. The summed E-state index contributed by atoms with van der Waals surface area (Å²) in [6.07, 6.45) is 0.0710. The molecule has 0 fully saturated rings. The quantitative estimate of drug-likeness (QED) is 0.866. The van der Waals surface area contributed by atoms with Crippen LogP contribution in [-0.2, 0) is 11.2 Å². The van der Waals surface area contributed by atoms with Gasteiger partial charge in [-0.3, -0.25) is 0 Å². The predicted octanol–water partition coefficient (Wildman–Crippen LogP) is 2.81. The van der Waals surface area contributed by atoms with E-state index in [0.29, 0.717) is 18.4 Å². The summed E-state index contributed by atoms with van der Waals surface area (Å²) >= 11 is 5.80. The van der Waals surface area contributed by atoms with Crippen LogP contribution in [0.2, 0.25) is 5.02 Å². The maximum atomic E-state index is 13.1. The first-order valence-corrected chi connectivity index (χ1v) is 5.61. The highest BCUT2D eigenvalue weighted by Crippen LogP contribution is 2.22. The fourth-order valence-electron chi connectivity index (χ4n) is 1.66. The number of halogens is 2. The van der Waals surface area contributed by atoms with Crippen molar-refractivity contribution in [2.45, 2.75) is 32.0 Å². The zero-order valence-electron chi connectivity index (χ0n) is 9.41. The van der Waals surface area contributed by atoms with Crippen LogP contribution < -0.4 is 0 Å². The lowest BCUT2D eigenvalue weighted by atomic mass is 10.0. The van der Waals surface area contributed by atoms with E-state index >= 15 is 0 Å². The molecule has 0 aliphatic carbocycles. The summed E-state index contributed by atoms with van der Waals surface area (Å²) < 4.78 is 18.3. The minimum Gasteiger partial charge on any atom is -0.390 e. The van der Waals surface area contributed by atoms with Crippen molar-refractivity contribution in [3.63, 3.8) is 0 Å². The molecule has 0 saturated heterocycles. The molecule has 0 aromatic heterocycles. The summed E-state index contributed by atoms with van der Waals surface area (Å²) in [7, 11) is 1.55. The van der Waals surface area contributed by atoms with Crippen LogP contribution in [0.1, 0.15) is 18.9 Å². The van der Waals surface area contributed by atoms with E-state index in [2.05, 4.69) is 0 Å². The molecular weight excluding hydrogens is 231 g/mol. The number of hydrogen-bond acceptors (Lipinski definition) is 2. The maximum absolute atomic E-state index is 13.1. The molecule has 1 rings (SSSR count). The monoisotopic (exact) mass is 246 g/mol. The summed E-state index contributed by atoms with van der Waals surface area (Å²) in [6.45, 7) is 1.92. The molecular formula is C12H16ClFO2. The highest BCUT2D eigenvalue weighted by Gasteiger charge is 2.19. The van der Waals surface area contributed by atoms with E-state index in [1.54, 1.807) is 19.2 Å². The third-order valence-corrected chi connectivity index (χ3v) is 3.02. The lowest BCUT2D eigenvalue weighted by Crippen LogP contribution is -2.29. The van der Waals surface area contributed by atoms with Crippen molar-refractivity contribution >= 4 is 11.6 Å². The van der Waals surface area contributed by atoms with E-state index in [4.69, 9.17) is 16.3 Å². The van der Waals surface area contributed by atoms with Crippen molar-refractivity contribution in [3.05, 3.63) is 34.6 Å². The highest BCUT2D eigenvalue weighted by molar-refractivity contribution is 6.31. The number of ether oxygens (including phenoxy) is 1. The van der Waals surface area contributed by atoms with Gasteiger partial charge in [-0.2, -0.15) is 0 Å². The van der Waals surface area contributed by atoms with Crippen LogP contribution in [0.5, 0.6) is 0 Å². The van der Waals surface area contributed by atoms with E-state index < -0.39 is 11.9 Å². The lowest BCUT2D eigenvalue weighted by Gasteiger charge is -2.20. The summed E-state index contributed by atoms with van der Waals surface area (Å²) in [5.41, 5.74) is 0.602. The molecule has 90 valence electrons. The van der Waals surface area contributed by atoms with Gasteiger partial charge in [0.2, 0.25) is 0 Å². The summed E-state index contributed by atoms with van der Waals surface area (Å²) in [5, 5.41) is 9.95. The molecule has 0 spiro atoms. The number of aliphatic hydroxyl groups is 1. The van der Waals surface area contributed by atoms with Gasteiger partial charge in [0.15, 0.2) is 0 Å². The topological polar surface area (TPSA) is 29.5 Å². The van der Waals surface area contributed by atoms with E-state index in [-0.39, 0.29) is 11.1 Å². The minimum atomic E-state index is -0.672. The third-order valence-electron chi connectivity index (χ3n) is 2.59. The Bertz CT molecular complexity index is 340. The summed E-state index contributed by atoms with van der Waals surface area (Å²) in [4.78, 5) is 0. The molecule has 1 aromatic carbocycles. The Hall–Kier alpha value is -0.640. The lowest BCUT2D eigenvalue weighted by molar-refractivity contribution is -0.0128. The Balaban J connectivity index is 2.76. The average molecular weight is 247 g/mol. The molecule has 4 heteroatoms. The summed E-state index contributed by atoms with van der Waals surface area (Å²) in [5.74, 6) is -0.461. The van der Waals surface area contributed by atoms with Gasteiger partial charge in [-0.15, -0.1) is 0 Å². The molecule has 0 bridgehead atoms. The Morgan fingerprint density at radius 2 is 2.19 bits per heavy atom. The standard InChI is InChI=1S/C12H16ClFO2/c1-3-11(16-2)10(15)7-8-5-4-6-9(14)12(8)13/h4-6,10-11,15H,3,7H2,1-2H3. The number of rotatable bonds is 5. The van der Waals surface area contributed by atoms with Crippen molar-refractivity contribution < 1.29 is 14.2 Å². The van der Waals surface area contributed by atoms with E-state index in [0.717, 1.165) is 0 Å². The molecule has 2 atom stereocenters. The van der Waals surface area contributed by atoms with E-state index in [1.807, 2.05) is 6.92 Å². The number of methoxy groups -OCH3 is 1. The zero-order valence-corrected chi connectivity index (χ0v) is 10.2. The van der Waals surface area contributed by atoms with Gasteiger partial charge < -0.3 is 9.84 Å². The van der Waals surface area contributed by atoms with Crippen molar-refractivity contribution in [2.24, 2.45) is 0 Å². The van der Waals surface area contributed by atoms with Crippen LogP contribution >= 0.6 is 11.6 Å². The number of benzene rings is 1. The Kier molecular flexibility index (Phi) is 5.19. The fourth-order valence-corrected chi connectivity index (χ4v) is 1.86. The van der Waals surface area contributed by atoms with Gasteiger partial charge in [0.25, 0.3) is 0 Å². The molecule has 0 saturated carbocycles. The van der Waals surface area contributed by atoms with Crippen LogP contribution in [-0.4, -0.2) is 24.4 Å². The van der Waals surface area contributed by atoms with E-state index in [1.165, 1.54) is 6.07 Å². The second kappa shape index (κ2) is 6.18. The van der Waals surface area contributed by atoms with E-state index in [9.17, 15) is 9.50 Å². The summed E-state index contributed by atoms with van der Waals surface area (Å²) in [6, 6.07) is 4.58. The molecule has 1 N–H and O–H groups in total. The SMILES string of the molecule is CCC(OC)C(O)Cc1cccc(F)c1Cl. The largest absolute Gasteiger partial charge is 0.390 e. The van der Waals surface area contributed by atoms with Gasteiger partial charge in [-0.25, -0.2) is 4.39 Å². The molecule has 16 heavy (non-hydrogen) atoms. The van der Waals surface area contributed by atoms with Gasteiger partial charge in [0, 0.05) is 13.5 Å². The van der Waals surface area contributed by atoms with Gasteiger partial charge >= 0.3 is 0 Å². The smallest absolute Gasteiger partial charge is 0.142 e. The van der Waals surface area contributed by atoms with Crippen LogP contribution in [0, 0.1) is 5.82 Å². The molecule has 2 nitrogen and oxygen atoms in total. The maximum Gasteiger partial charge on any atom is 0.142 e. The third kappa shape index (κ3) is 3.17. The van der Waals surface area contributed by atoms with Gasteiger partial charge in [-0.1, -0.05) is 30.7 Å². The Morgan fingerprint density at radius 3 is 2.75 bits per heavy atom. The number of hydrogen-bond donors (Lipinski definition) is 1. The minimum absolute atomic E-state index is 0.0764. The van der Waals surface area contributed by atoms with Crippen LogP contribution in [0.15, 0.2) is 18.2 Å². The van der Waals surface area contributed by atoms with Crippen molar-refractivity contribution in [1.82, 2.24) is 0 Å². The Morgan fingerprint density at radius 1 is 1.50 bits per heavy atom. The molecule has 0 aliphatic rings. The average Bonchev–Trinajstić information content (AvgIpc) is 2.26. The highest BCUT2D eigenvalue weighted by atomic mass is 35.5. The van der Waals surface area contributed by atoms with Crippen molar-refractivity contribution in [3.8, 4) is 0 Å². The van der Waals surface area contributed by atoms with Gasteiger partial charge in [0.05, 0.1) is 17.2 Å². The van der Waals surface area contributed by atoms with Crippen LogP contribution in [0.4, 0.5) is 4.39 Å². The molecule has 0 radical (unpaired) electrons. The molecule has 0 amide bonds.